The van der Waals surface area contributed by atoms with Crippen LogP contribution in [0.3, 0.4) is 0 Å². The maximum Gasteiger partial charge on any atom is 0.252 e. The fourth-order valence-corrected chi connectivity index (χ4v) is 3.70. The van der Waals surface area contributed by atoms with Crippen LogP contribution in [-0.4, -0.2) is 34.7 Å². The second-order valence-electron chi connectivity index (χ2n) is 7.74. The Morgan fingerprint density at radius 1 is 1.03 bits per heavy atom. The number of carbonyl (C=O) groups excluding carboxylic acids is 1. The Bertz CT molecular complexity index is 1210. The van der Waals surface area contributed by atoms with Crippen LogP contribution < -0.4 is 10.1 Å². The Labute approximate surface area is 188 Å². The summed E-state index contributed by atoms with van der Waals surface area (Å²) in [4.78, 5) is 18.0. The number of hydrogen-bond acceptors (Lipinski definition) is 4. The molecule has 0 atom stereocenters. The molecule has 0 saturated heterocycles. The molecule has 0 radical (unpaired) electrons. The molecule has 1 amide bonds. The summed E-state index contributed by atoms with van der Waals surface area (Å²) in [6, 6.07) is 17.8. The lowest BCUT2D eigenvalue weighted by Crippen LogP contribution is -2.24. The lowest BCUT2D eigenvalue weighted by atomic mass is 10.0. The summed E-state index contributed by atoms with van der Waals surface area (Å²) < 4.78 is 5.26. The molecule has 0 bridgehead atoms. The summed E-state index contributed by atoms with van der Waals surface area (Å²) in [5.74, 6) is 0.651. The number of nitrogens with zero attached hydrogens (tertiary/aromatic N) is 2. The molecule has 6 nitrogen and oxygen atoms in total. The van der Waals surface area contributed by atoms with Crippen LogP contribution in [0.5, 0.6) is 5.75 Å². The van der Waals surface area contributed by atoms with Gasteiger partial charge in [0, 0.05) is 17.7 Å². The predicted molar refractivity (Wildman–Crippen MR) is 128 cm³/mol. The lowest BCUT2D eigenvalue weighted by Gasteiger charge is -2.10. The summed E-state index contributed by atoms with van der Waals surface area (Å²) in [5, 5.41) is 11.4. The molecule has 0 aliphatic carbocycles. The quantitative estimate of drug-likeness (QED) is 0.369. The number of ether oxygens (including phenoxy) is 1. The van der Waals surface area contributed by atoms with E-state index in [4.69, 9.17) is 9.72 Å². The minimum Gasteiger partial charge on any atom is -0.497 e. The molecule has 0 aliphatic heterocycles. The van der Waals surface area contributed by atoms with E-state index in [0.29, 0.717) is 23.4 Å². The van der Waals surface area contributed by atoms with Crippen LogP contribution in [-0.2, 0) is 6.42 Å². The van der Waals surface area contributed by atoms with Gasteiger partial charge in [0.2, 0.25) is 0 Å². The molecule has 2 heterocycles. The van der Waals surface area contributed by atoms with E-state index in [1.54, 1.807) is 7.11 Å². The molecule has 2 aromatic heterocycles. The summed E-state index contributed by atoms with van der Waals surface area (Å²) in [7, 11) is 1.64. The predicted octanol–water partition coefficient (Wildman–Crippen LogP) is 5.39. The first-order chi connectivity index (χ1) is 15.6. The van der Waals surface area contributed by atoms with Gasteiger partial charge in [0.15, 0.2) is 5.65 Å². The summed E-state index contributed by atoms with van der Waals surface area (Å²) >= 11 is 0. The molecule has 164 valence electrons. The van der Waals surface area contributed by atoms with E-state index < -0.39 is 0 Å². The van der Waals surface area contributed by atoms with Gasteiger partial charge in [0.1, 0.15) is 5.75 Å². The van der Waals surface area contributed by atoms with E-state index in [-0.39, 0.29) is 5.91 Å². The van der Waals surface area contributed by atoms with Crippen molar-refractivity contribution in [2.24, 2.45) is 0 Å². The normalized spacial score (nSPS) is 11.0. The maximum atomic E-state index is 13.2. The molecular weight excluding hydrogens is 400 g/mol. The highest BCUT2D eigenvalue weighted by Gasteiger charge is 2.20. The van der Waals surface area contributed by atoms with E-state index >= 15 is 0 Å². The van der Waals surface area contributed by atoms with E-state index in [1.165, 1.54) is 5.56 Å². The van der Waals surface area contributed by atoms with Crippen molar-refractivity contribution >= 4 is 16.9 Å². The van der Waals surface area contributed by atoms with Crippen LogP contribution in [0.1, 0.15) is 42.6 Å². The van der Waals surface area contributed by atoms with Gasteiger partial charge in [0.25, 0.3) is 5.91 Å². The molecule has 4 rings (SSSR count). The van der Waals surface area contributed by atoms with Crippen molar-refractivity contribution in [3.8, 4) is 28.3 Å². The first kappa shape index (κ1) is 21.6. The molecule has 6 heteroatoms. The number of amides is 1. The number of unbranched alkanes of at least 4 members (excludes halogenated alkanes) is 1. The van der Waals surface area contributed by atoms with E-state index in [1.807, 2.05) is 30.3 Å². The zero-order valence-corrected chi connectivity index (χ0v) is 18.7. The zero-order chi connectivity index (χ0) is 22.5. The molecule has 2 aromatic carbocycles. The Morgan fingerprint density at radius 2 is 1.75 bits per heavy atom. The van der Waals surface area contributed by atoms with Gasteiger partial charge in [-0.25, -0.2) is 4.98 Å². The van der Waals surface area contributed by atoms with Gasteiger partial charge in [-0.05, 0) is 48.7 Å². The summed E-state index contributed by atoms with van der Waals surface area (Å²) in [6.45, 7) is 4.87. The number of carbonyl (C=O) groups is 1. The van der Waals surface area contributed by atoms with Crippen LogP contribution in [0.4, 0.5) is 0 Å². The summed E-state index contributed by atoms with van der Waals surface area (Å²) in [5.41, 5.74) is 5.72. The smallest absolute Gasteiger partial charge is 0.252 e. The van der Waals surface area contributed by atoms with Crippen molar-refractivity contribution in [3.05, 3.63) is 65.7 Å². The van der Waals surface area contributed by atoms with Crippen LogP contribution in [0.15, 0.2) is 54.6 Å². The molecule has 32 heavy (non-hydrogen) atoms. The average molecular weight is 429 g/mol. The van der Waals surface area contributed by atoms with Gasteiger partial charge < -0.3 is 10.1 Å². The molecule has 2 N–H and O–H groups in total. The van der Waals surface area contributed by atoms with Crippen molar-refractivity contribution in [1.82, 2.24) is 20.5 Å². The topological polar surface area (TPSA) is 79.9 Å². The number of aromatic nitrogens is 3. The minimum atomic E-state index is -0.117. The summed E-state index contributed by atoms with van der Waals surface area (Å²) in [6.07, 6.45) is 2.92. The third-order valence-corrected chi connectivity index (χ3v) is 5.62. The number of benzene rings is 2. The lowest BCUT2D eigenvalue weighted by molar-refractivity contribution is 0.0955. The minimum absolute atomic E-state index is 0.117. The van der Waals surface area contributed by atoms with Crippen molar-refractivity contribution in [2.45, 2.75) is 33.1 Å². The van der Waals surface area contributed by atoms with Gasteiger partial charge in [-0.2, -0.15) is 5.10 Å². The Hall–Kier alpha value is -3.67. The van der Waals surface area contributed by atoms with Gasteiger partial charge in [0.05, 0.1) is 29.4 Å². The van der Waals surface area contributed by atoms with Crippen LogP contribution in [0, 0.1) is 0 Å². The molecule has 4 aromatic rings. The molecule has 0 aliphatic rings. The number of methoxy groups -OCH3 is 1. The molecule has 0 fully saturated rings. The number of fused-ring (bicyclic) bond motifs is 1. The average Bonchev–Trinajstić information content (AvgIpc) is 3.27. The highest BCUT2D eigenvalue weighted by molar-refractivity contribution is 6.11. The number of hydrogen-bond donors (Lipinski definition) is 2. The van der Waals surface area contributed by atoms with Crippen LogP contribution in [0.2, 0.25) is 0 Å². The monoisotopic (exact) mass is 428 g/mol. The third kappa shape index (κ3) is 4.35. The SMILES string of the molecule is CCCCNC(=O)c1cc(-c2ccc(OC)cc2)nc2n[nH]c(-c3ccc(CC)cc3)c12. The second kappa shape index (κ2) is 9.64. The number of rotatable bonds is 8. The first-order valence-corrected chi connectivity index (χ1v) is 11.1. The van der Waals surface area contributed by atoms with Gasteiger partial charge in [-0.1, -0.05) is 44.5 Å². The molecule has 0 saturated carbocycles. The Balaban J connectivity index is 1.83. The fraction of sp³-hybridized carbons (Fsp3) is 0.269. The van der Waals surface area contributed by atoms with Gasteiger partial charge >= 0.3 is 0 Å². The van der Waals surface area contributed by atoms with Crippen molar-refractivity contribution in [1.29, 1.82) is 0 Å². The Morgan fingerprint density at radius 3 is 2.41 bits per heavy atom. The van der Waals surface area contributed by atoms with Crippen LogP contribution >= 0.6 is 0 Å². The second-order valence-corrected chi connectivity index (χ2v) is 7.74. The van der Waals surface area contributed by atoms with Crippen molar-refractivity contribution in [2.75, 3.05) is 13.7 Å². The number of aryl methyl sites for hydroxylation is 1. The Kier molecular flexibility index (Phi) is 6.50. The largest absolute Gasteiger partial charge is 0.497 e. The number of aromatic amines is 1. The highest BCUT2D eigenvalue weighted by atomic mass is 16.5. The third-order valence-electron chi connectivity index (χ3n) is 5.62. The van der Waals surface area contributed by atoms with Crippen molar-refractivity contribution in [3.63, 3.8) is 0 Å². The zero-order valence-electron chi connectivity index (χ0n) is 18.7. The standard InChI is InChI=1S/C26H28N4O2/c1-4-6-15-27-26(31)21-16-22(18-11-13-20(32-3)14-12-18)28-25-23(21)24(29-30-25)19-9-7-17(5-2)8-10-19/h7-14,16H,4-6,15H2,1-3H3,(H,27,31)(H,28,29,30). The van der Waals surface area contributed by atoms with Gasteiger partial charge in [-0.15, -0.1) is 0 Å². The van der Waals surface area contributed by atoms with Crippen LogP contribution in [0.25, 0.3) is 33.5 Å². The first-order valence-electron chi connectivity index (χ1n) is 11.1. The van der Waals surface area contributed by atoms with Crippen molar-refractivity contribution < 1.29 is 9.53 Å². The molecular formula is C26H28N4O2. The van der Waals surface area contributed by atoms with E-state index in [2.05, 4.69) is 53.6 Å². The molecule has 0 unspecified atom stereocenters. The maximum absolute atomic E-state index is 13.2. The van der Waals surface area contributed by atoms with E-state index in [9.17, 15) is 4.79 Å². The number of pyridine rings is 1. The fourth-order valence-electron chi connectivity index (χ4n) is 3.70. The van der Waals surface area contributed by atoms with E-state index in [0.717, 1.165) is 47.2 Å². The number of nitrogens with one attached hydrogen (secondary N) is 2. The highest BCUT2D eigenvalue weighted by Crippen LogP contribution is 2.32. The van der Waals surface area contributed by atoms with Gasteiger partial charge in [-0.3, -0.25) is 9.89 Å². The molecule has 0 spiro atoms. The number of H-pyrrole nitrogens is 1.